The smallest absolute Gasteiger partial charge is 0.0262 e. The second kappa shape index (κ2) is 4.57. The van der Waals surface area contributed by atoms with Gasteiger partial charge in [0.2, 0.25) is 0 Å². The van der Waals surface area contributed by atoms with Gasteiger partial charge in [-0.2, -0.15) is 0 Å². The van der Waals surface area contributed by atoms with Crippen LogP contribution in [0.4, 0.5) is 0 Å². The highest BCUT2D eigenvalue weighted by Gasteiger charge is 1.86. The van der Waals surface area contributed by atoms with E-state index < -0.39 is 0 Å². The van der Waals surface area contributed by atoms with Crippen molar-refractivity contribution in [1.82, 2.24) is 0 Å². The first-order valence-electron chi connectivity index (χ1n) is 3.02. The molecule has 0 radical (unpaired) electrons. The zero-order valence-corrected chi connectivity index (χ0v) is 6.14. The quantitative estimate of drug-likeness (QED) is 0.516. The third-order valence-corrected chi connectivity index (χ3v) is 1.09. The molecule has 0 unspecified atom stereocenters. The standard InChI is InChI=1S/C10H12/c1-5-7-8-10(4)9(3)6-2/h5-8H,1-4H2. The number of rotatable bonds is 4. The van der Waals surface area contributed by atoms with Crippen LogP contribution in [0.5, 0.6) is 0 Å². The number of hydrogen-bond donors (Lipinski definition) is 0. The van der Waals surface area contributed by atoms with Crippen LogP contribution in [0.3, 0.4) is 0 Å². The van der Waals surface area contributed by atoms with Crippen LogP contribution in [-0.2, 0) is 0 Å². The van der Waals surface area contributed by atoms with E-state index in [0.717, 1.165) is 11.1 Å². The molecule has 0 heteroatoms. The van der Waals surface area contributed by atoms with Gasteiger partial charge in [0.15, 0.2) is 0 Å². The Morgan fingerprint density at radius 2 is 1.60 bits per heavy atom. The molecule has 0 saturated heterocycles. The summed E-state index contributed by atoms with van der Waals surface area (Å²) in [6.07, 6.45) is 7.03. The molecule has 52 valence electrons. The minimum absolute atomic E-state index is 0.845. The van der Waals surface area contributed by atoms with Gasteiger partial charge in [-0.05, 0) is 11.1 Å². The average Bonchev–Trinajstić information content (AvgIpc) is 1.98. The van der Waals surface area contributed by atoms with E-state index in [1.165, 1.54) is 0 Å². The van der Waals surface area contributed by atoms with Gasteiger partial charge in [-0.3, -0.25) is 0 Å². The number of allylic oxidation sites excluding steroid dienone is 6. The molecule has 0 N–H and O–H groups in total. The van der Waals surface area contributed by atoms with E-state index in [4.69, 9.17) is 0 Å². The summed E-state index contributed by atoms with van der Waals surface area (Å²) in [4.78, 5) is 0. The maximum Gasteiger partial charge on any atom is -0.0262 e. The molecule has 0 nitrogen and oxygen atoms in total. The second-order valence-corrected chi connectivity index (χ2v) is 1.85. The van der Waals surface area contributed by atoms with E-state index in [0.29, 0.717) is 0 Å². The zero-order chi connectivity index (χ0) is 7.98. The Bertz CT molecular complexity index is 192. The highest BCUT2D eigenvalue weighted by atomic mass is 13.9. The lowest BCUT2D eigenvalue weighted by Gasteiger charge is -1.94. The Labute approximate surface area is 62.6 Å². The van der Waals surface area contributed by atoms with Crippen LogP contribution < -0.4 is 0 Å². The van der Waals surface area contributed by atoms with Gasteiger partial charge in [-0.1, -0.05) is 50.6 Å². The summed E-state index contributed by atoms with van der Waals surface area (Å²) in [5.41, 5.74) is 1.72. The fourth-order valence-electron chi connectivity index (χ4n) is 0.422. The molecule has 0 spiro atoms. The Morgan fingerprint density at radius 1 is 1.00 bits per heavy atom. The molecule has 0 atom stereocenters. The first kappa shape index (κ1) is 8.70. The van der Waals surface area contributed by atoms with Crippen LogP contribution in [0, 0.1) is 0 Å². The van der Waals surface area contributed by atoms with Crippen molar-refractivity contribution in [3.05, 3.63) is 61.8 Å². The lowest BCUT2D eigenvalue weighted by atomic mass is 10.1. The Kier molecular flexibility index (Phi) is 3.97. The Morgan fingerprint density at radius 3 is 2.00 bits per heavy atom. The normalized spacial score (nSPS) is 9.20. The van der Waals surface area contributed by atoms with Crippen molar-refractivity contribution in [2.24, 2.45) is 0 Å². The van der Waals surface area contributed by atoms with Gasteiger partial charge in [-0.25, -0.2) is 0 Å². The van der Waals surface area contributed by atoms with Crippen molar-refractivity contribution < 1.29 is 0 Å². The van der Waals surface area contributed by atoms with Crippen molar-refractivity contribution in [3.63, 3.8) is 0 Å². The van der Waals surface area contributed by atoms with Gasteiger partial charge in [-0.15, -0.1) is 0 Å². The maximum atomic E-state index is 3.76. The van der Waals surface area contributed by atoms with Gasteiger partial charge in [0.05, 0.1) is 0 Å². The second-order valence-electron chi connectivity index (χ2n) is 1.85. The van der Waals surface area contributed by atoms with Gasteiger partial charge >= 0.3 is 0 Å². The van der Waals surface area contributed by atoms with Gasteiger partial charge < -0.3 is 0 Å². The zero-order valence-electron chi connectivity index (χ0n) is 6.14. The van der Waals surface area contributed by atoms with Crippen molar-refractivity contribution in [3.8, 4) is 0 Å². The van der Waals surface area contributed by atoms with E-state index >= 15 is 0 Å². The summed E-state index contributed by atoms with van der Waals surface area (Å²) >= 11 is 0. The van der Waals surface area contributed by atoms with E-state index in [1.54, 1.807) is 12.2 Å². The molecule has 0 aliphatic carbocycles. The van der Waals surface area contributed by atoms with E-state index in [2.05, 4.69) is 26.3 Å². The lowest BCUT2D eigenvalue weighted by Crippen LogP contribution is -1.74. The largest absolute Gasteiger partial charge is 0.0991 e. The predicted octanol–water partition coefficient (Wildman–Crippen LogP) is 3.03. The summed E-state index contributed by atoms with van der Waals surface area (Å²) < 4.78 is 0. The molecule has 0 aliphatic heterocycles. The van der Waals surface area contributed by atoms with E-state index in [9.17, 15) is 0 Å². The minimum Gasteiger partial charge on any atom is -0.0991 e. The Hall–Kier alpha value is -1.30. The molecular weight excluding hydrogens is 120 g/mol. The fourth-order valence-corrected chi connectivity index (χ4v) is 0.422. The summed E-state index contributed by atoms with van der Waals surface area (Å²) in [5.74, 6) is 0. The van der Waals surface area contributed by atoms with Crippen LogP contribution in [-0.4, -0.2) is 0 Å². The van der Waals surface area contributed by atoms with Gasteiger partial charge in [0.1, 0.15) is 0 Å². The van der Waals surface area contributed by atoms with E-state index in [1.807, 2.05) is 12.2 Å². The van der Waals surface area contributed by atoms with Gasteiger partial charge in [0.25, 0.3) is 0 Å². The van der Waals surface area contributed by atoms with Crippen LogP contribution in [0.2, 0.25) is 0 Å². The molecule has 0 rings (SSSR count). The van der Waals surface area contributed by atoms with Crippen molar-refractivity contribution in [2.75, 3.05) is 0 Å². The van der Waals surface area contributed by atoms with Crippen LogP contribution in [0.1, 0.15) is 0 Å². The van der Waals surface area contributed by atoms with Crippen molar-refractivity contribution in [1.29, 1.82) is 0 Å². The highest BCUT2D eigenvalue weighted by molar-refractivity contribution is 5.42. The third kappa shape index (κ3) is 2.88. The Balaban J connectivity index is 4.09. The fraction of sp³-hybridized carbons (Fsp3) is 0. The molecule has 0 aromatic heterocycles. The molecule has 0 aromatic rings. The summed E-state index contributed by atoms with van der Waals surface area (Å²) in [7, 11) is 0. The molecule has 0 fully saturated rings. The van der Waals surface area contributed by atoms with Crippen LogP contribution in [0.25, 0.3) is 0 Å². The first-order chi connectivity index (χ1) is 4.72. The molecule has 0 aromatic carbocycles. The third-order valence-electron chi connectivity index (χ3n) is 1.09. The van der Waals surface area contributed by atoms with E-state index in [-0.39, 0.29) is 0 Å². The SMILES string of the molecule is C=CC=CC(=C)C(=C)C=C. The summed E-state index contributed by atoms with van der Waals surface area (Å²) in [6.45, 7) is 14.6. The predicted molar refractivity (Wildman–Crippen MR) is 47.8 cm³/mol. The van der Waals surface area contributed by atoms with Crippen molar-refractivity contribution in [2.45, 2.75) is 0 Å². The minimum atomic E-state index is 0.845. The molecular formula is C10H12. The van der Waals surface area contributed by atoms with Crippen LogP contribution in [0.15, 0.2) is 61.8 Å². The average molecular weight is 132 g/mol. The highest BCUT2D eigenvalue weighted by Crippen LogP contribution is 2.06. The van der Waals surface area contributed by atoms with Crippen molar-refractivity contribution >= 4 is 0 Å². The molecule has 0 saturated carbocycles. The molecule has 0 aliphatic rings. The van der Waals surface area contributed by atoms with Crippen LogP contribution >= 0.6 is 0 Å². The molecule has 0 heterocycles. The monoisotopic (exact) mass is 132 g/mol. The number of hydrogen-bond acceptors (Lipinski definition) is 0. The summed E-state index contributed by atoms with van der Waals surface area (Å²) in [5, 5.41) is 0. The topological polar surface area (TPSA) is 0 Å². The maximum absolute atomic E-state index is 3.76. The first-order valence-corrected chi connectivity index (χ1v) is 3.02. The molecule has 0 bridgehead atoms. The molecule has 10 heavy (non-hydrogen) atoms. The molecule has 0 amide bonds. The summed E-state index contributed by atoms with van der Waals surface area (Å²) in [6, 6.07) is 0. The lowest BCUT2D eigenvalue weighted by molar-refractivity contribution is 1.61. The van der Waals surface area contributed by atoms with Gasteiger partial charge in [0, 0.05) is 0 Å².